The van der Waals surface area contributed by atoms with Crippen LogP contribution in [-0.4, -0.2) is 60.7 Å². The minimum atomic E-state index is -5.23. The molecule has 0 spiro atoms. The third-order valence-corrected chi connectivity index (χ3v) is 4.95. The van der Waals surface area contributed by atoms with Crippen LogP contribution in [0.2, 0.25) is 5.02 Å². The number of aliphatic hydroxyl groups is 3. The Labute approximate surface area is 151 Å². The molecule has 8 nitrogen and oxygen atoms in total. The summed E-state index contributed by atoms with van der Waals surface area (Å²) in [5, 5.41) is 28.4. The highest BCUT2D eigenvalue weighted by Crippen LogP contribution is 2.32. The molecule has 1 aromatic carbocycles. The lowest BCUT2D eigenvalue weighted by Crippen LogP contribution is -2.52. The van der Waals surface area contributed by atoms with Gasteiger partial charge in [0.25, 0.3) is 5.91 Å². The Kier molecular flexibility index (Phi) is 7.01. The van der Waals surface area contributed by atoms with Gasteiger partial charge < -0.3 is 20.6 Å². The van der Waals surface area contributed by atoms with Crippen LogP contribution in [0.5, 0.6) is 0 Å². The van der Waals surface area contributed by atoms with E-state index in [9.17, 15) is 31.5 Å². The Morgan fingerprint density at radius 1 is 1.35 bits per heavy atom. The molecule has 0 fully saturated rings. The number of rotatable bonds is 7. The summed E-state index contributed by atoms with van der Waals surface area (Å²) in [5.41, 5.74) is -4.03. The topological polar surface area (TPSA) is 136 Å². The van der Waals surface area contributed by atoms with Crippen LogP contribution in [0.15, 0.2) is 23.1 Å². The molecule has 13 heteroatoms. The largest absolute Gasteiger partial charge is 0.426 e. The third kappa shape index (κ3) is 5.28. The number of carbonyl (C=O) groups excluding carboxylic acids is 1. The van der Waals surface area contributed by atoms with Crippen molar-refractivity contribution in [2.75, 3.05) is 18.5 Å². The number of nitrogens with one attached hydrogen (secondary N) is 2. The minimum absolute atomic E-state index is 0.255. The van der Waals surface area contributed by atoms with Crippen molar-refractivity contribution in [2.24, 2.45) is 0 Å². The van der Waals surface area contributed by atoms with E-state index in [0.717, 1.165) is 18.2 Å². The van der Waals surface area contributed by atoms with E-state index in [2.05, 4.69) is 0 Å². The SMILES string of the molecule is C[C@@](O)(C(=O)Nc1ccc(S(=O)(=O)NC[C@@H](O)CO)cc1Cl)C(F)(F)F. The maximum Gasteiger partial charge on any atom is 0.426 e. The van der Waals surface area contributed by atoms with Crippen LogP contribution in [0.4, 0.5) is 18.9 Å². The molecule has 0 saturated carbocycles. The maximum atomic E-state index is 12.6. The summed E-state index contributed by atoms with van der Waals surface area (Å²) in [6.07, 6.45) is -6.56. The molecule has 0 unspecified atom stereocenters. The van der Waals surface area contributed by atoms with Gasteiger partial charge >= 0.3 is 6.18 Å². The van der Waals surface area contributed by atoms with E-state index >= 15 is 0 Å². The van der Waals surface area contributed by atoms with Crippen LogP contribution in [-0.2, 0) is 14.8 Å². The summed E-state index contributed by atoms with van der Waals surface area (Å²) in [5.74, 6) is -1.80. The lowest BCUT2D eigenvalue weighted by Gasteiger charge is -2.25. The first kappa shape index (κ1) is 22.6. The normalized spacial score (nSPS) is 16.0. The quantitative estimate of drug-likeness (QED) is 0.428. The second-order valence-corrected chi connectivity index (χ2v) is 7.53. The van der Waals surface area contributed by atoms with Crippen molar-refractivity contribution in [1.82, 2.24) is 4.72 Å². The van der Waals surface area contributed by atoms with Crippen molar-refractivity contribution in [2.45, 2.75) is 29.7 Å². The number of hydrogen-bond donors (Lipinski definition) is 5. The number of hydrogen-bond acceptors (Lipinski definition) is 6. The van der Waals surface area contributed by atoms with E-state index in [1.807, 2.05) is 4.72 Å². The Morgan fingerprint density at radius 2 is 1.92 bits per heavy atom. The Hall–Kier alpha value is -1.44. The number of benzene rings is 1. The van der Waals surface area contributed by atoms with Gasteiger partial charge in [0, 0.05) is 6.54 Å². The fourth-order valence-electron chi connectivity index (χ4n) is 1.49. The fraction of sp³-hybridized carbons (Fsp3) is 0.462. The van der Waals surface area contributed by atoms with E-state index in [0.29, 0.717) is 0 Å². The highest BCUT2D eigenvalue weighted by Gasteiger charge is 2.55. The first-order valence-electron chi connectivity index (χ1n) is 6.91. The molecular formula is C13H16ClF3N2O6S. The van der Waals surface area contributed by atoms with Crippen molar-refractivity contribution in [3.05, 3.63) is 23.2 Å². The molecule has 5 N–H and O–H groups in total. The summed E-state index contributed by atoms with van der Waals surface area (Å²) in [6, 6.07) is 2.73. The van der Waals surface area contributed by atoms with Crippen LogP contribution in [0, 0.1) is 0 Å². The second-order valence-electron chi connectivity index (χ2n) is 5.35. The molecule has 0 heterocycles. The predicted octanol–water partition coefficient (Wildman–Crippen LogP) is 0.223. The highest BCUT2D eigenvalue weighted by atomic mass is 35.5. The van der Waals surface area contributed by atoms with Crippen molar-refractivity contribution in [1.29, 1.82) is 0 Å². The van der Waals surface area contributed by atoms with E-state index in [1.54, 1.807) is 5.32 Å². The van der Waals surface area contributed by atoms with Gasteiger partial charge in [-0.2, -0.15) is 13.2 Å². The van der Waals surface area contributed by atoms with Gasteiger partial charge in [-0.1, -0.05) is 11.6 Å². The molecule has 1 rings (SSSR count). The average molecular weight is 421 g/mol. The number of amides is 1. The van der Waals surface area contributed by atoms with Crippen LogP contribution in [0.1, 0.15) is 6.92 Å². The fourth-order valence-corrected chi connectivity index (χ4v) is 2.88. The molecule has 1 aromatic rings. The van der Waals surface area contributed by atoms with Crippen molar-refractivity contribution in [3.63, 3.8) is 0 Å². The molecule has 0 aliphatic rings. The molecule has 1 amide bonds. The lowest BCUT2D eigenvalue weighted by atomic mass is 10.1. The van der Waals surface area contributed by atoms with E-state index in [-0.39, 0.29) is 12.6 Å². The number of sulfonamides is 1. The molecule has 148 valence electrons. The van der Waals surface area contributed by atoms with Crippen LogP contribution in [0.3, 0.4) is 0 Å². The first-order chi connectivity index (χ1) is 11.7. The Morgan fingerprint density at radius 3 is 2.38 bits per heavy atom. The standard InChI is InChI=1S/C13H16ClF3N2O6S/c1-12(23,13(15,16)17)11(22)19-10-3-2-8(4-9(10)14)26(24,25)18-5-7(21)6-20/h2-4,7,18,20-21,23H,5-6H2,1H3,(H,19,22)/t7-,12-/m1/s1. The number of carbonyl (C=O) groups is 1. The van der Waals surface area contributed by atoms with Crippen molar-refractivity contribution in [3.8, 4) is 0 Å². The highest BCUT2D eigenvalue weighted by molar-refractivity contribution is 7.89. The van der Waals surface area contributed by atoms with Gasteiger partial charge in [0.2, 0.25) is 15.6 Å². The Balaban J connectivity index is 2.99. The number of halogens is 4. The lowest BCUT2D eigenvalue weighted by molar-refractivity contribution is -0.242. The molecule has 26 heavy (non-hydrogen) atoms. The Bertz CT molecular complexity index is 770. The molecule has 0 aliphatic heterocycles. The summed E-state index contributed by atoms with van der Waals surface area (Å²) >= 11 is 5.77. The van der Waals surface area contributed by atoms with Crippen molar-refractivity contribution < 1.29 is 41.7 Å². The molecule has 2 atom stereocenters. The summed E-state index contributed by atoms with van der Waals surface area (Å²) in [6.45, 7) is -0.901. The zero-order valence-electron chi connectivity index (χ0n) is 13.2. The van der Waals surface area contributed by atoms with E-state index in [4.69, 9.17) is 21.8 Å². The van der Waals surface area contributed by atoms with Crippen LogP contribution >= 0.6 is 11.6 Å². The second kappa shape index (κ2) is 8.06. The first-order valence-corrected chi connectivity index (χ1v) is 8.77. The third-order valence-electron chi connectivity index (χ3n) is 3.21. The van der Waals surface area contributed by atoms with Crippen LogP contribution < -0.4 is 10.0 Å². The number of anilines is 1. The summed E-state index contributed by atoms with van der Waals surface area (Å²) in [7, 11) is -4.13. The van der Waals surface area contributed by atoms with Gasteiger partial charge in [0.1, 0.15) is 0 Å². The predicted molar refractivity (Wildman–Crippen MR) is 85.0 cm³/mol. The van der Waals surface area contributed by atoms with E-state index in [1.165, 1.54) is 0 Å². The van der Waals surface area contributed by atoms with E-state index < -0.39 is 56.9 Å². The van der Waals surface area contributed by atoms with Gasteiger partial charge in [0.05, 0.1) is 28.3 Å². The number of alkyl halides is 3. The van der Waals surface area contributed by atoms with Gasteiger partial charge in [-0.3, -0.25) is 4.79 Å². The smallest absolute Gasteiger partial charge is 0.394 e. The zero-order valence-corrected chi connectivity index (χ0v) is 14.8. The van der Waals surface area contributed by atoms with Gasteiger partial charge in [-0.05, 0) is 25.1 Å². The van der Waals surface area contributed by atoms with Crippen LogP contribution in [0.25, 0.3) is 0 Å². The maximum absolute atomic E-state index is 12.6. The molecule has 0 aromatic heterocycles. The average Bonchev–Trinajstić information content (AvgIpc) is 2.53. The molecule has 0 bridgehead atoms. The van der Waals surface area contributed by atoms with Gasteiger partial charge in [-0.25, -0.2) is 13.1 Å². The summed E-state index contributed by atoms with van der Waals surface area (Å²) in [4.78, 5) is 11.2. The molecular weight excluding hydrogens is 405 g/mol. The van der Waals surface area contributed by atoms with Crippen molar-refractivity contribution >= 4 is 33.2 Å². The monoisotopic (exact) mass is 420 g/mol. The molecule has 0 radical (unpaired) electrons. The molecule has 0 aliphatic carbocycles. The number of aliphatic hydroxyl groups excluding tert-OH is 2. The van der Waals surface area contributed by atoms with Gasteiger partial charge in [-0.15, -0.1) is 0 Å². The minimum Gasteiger partial charge on any atom is -0.394 e. The van der Waals surface area contributed by atoms with Gasteiger partial charge in [0.15, 0.2) is 0 Å². The summed E-state index contributed by atoms with van der Waals surface area (Å²) < 4.78 is 63.8. The zero-order chi connectivity index (χ0) is 20.3. The molecule has 0 saturated heterocycles.